The molecule has 0 aliphatic heterocycles. The third kappa shape index (κ3) is 3.84. The molecule has 0 amide bonds. The molecule has 0 fully saturated rings. The van der Waals surface area contributed by atoms with Gasteiger partial charge in [0.2, 0.25) is 5.90 Å². The predicted molar refractivity (Wildman–Crippen MR) is 39.6 cm³/mol. The van der Waals surface area contributed by atoms with Crippen molar-refractivity contribution in [2.24, 2.45) is 0 Å². The van der Waals surface area contributed by atoms with Gasteiger partial charge in [0.15, 0.2) is 0 Å². The fraction of sp³-hybridized carbons (Fsp3) is 0.750. The third-order valence-electron chi connectivity index (χ3n) is 0.546. The van der Waals surface area contributed by atoms with Gasteiger partial charge < -0.3 is 4.74 Å². The fourth-order valence-corrected chi connectivity index (χ4v) is 0.390. The van der Waals surface area contributed by atoms with Crippen molar-refractivity contribution < 1.29 is 4.74 Å². The summed E-state index contributed by atoms with van der Waals surface area (Å²) in [4.78, 5) is 0. The zero-order valence-corrected chi connectivity index (χ0v) is 7.02. The van der Waals surface area contributed by atoms with Crippen LogP contribution in [0.4, 0.5) is 0 Å². The Balaban J connectivity index is 3.74. The summed E-state index contributed by atoms with van der Waals surface area (Å²) in [5.41, 5.74) is 0. The van der Waals surface area contributed by atoms with E-state index in [4.69, 9.17) is 40.2 Å². The number of alkyl halides is 3. The zero-order valence-electron chi connectivity index (χ0n) is 4.75. The molecule has 0 aromatic carbocycles. The van der Waals surface area contributed by atoms with E-state index in [2.05, 4.69) is 4.74 Å². The van der Waals surface area contributed by atoms with E-state index in [1.54, 1.807) is 6.92 Å². The van der Waals surface area contributed by atoms with E-state index in [1.165, 1.54) is 0 Å². The van der Waals surface area contributed by atoms with Crippen LogP contribution in [0, 0.1) is 5.41 Å². The van der Waals surface area contributed by atoms with Gasteiger partial charge >= 0.3 is 0 Å². The quantitative estimate of drug-likeness (QED) is 0.384. The van der Waals surface area contributed by atoms with Gasteiger partial charge in [0.1, 0.15) is 0 Å². The Morgan fingerprint density at radius 3 is 2.11 bits per heavy atom. The van der Waals surface area contributed by atoms with Gasteiger partial charge in [-0.3, -0.25) is 5.41 Å². The summed E-state index contributed by atoms with van der Waals surface area (Å²) >= 11 is 15.7. The lowest BCUT2D eigenvalue weighted by molar-refractivity contribution is 0.318. The molecule has 0 aromatic rings. The number of halogens is 3. The second kappa shape index (κ2) is 3.49. The van der Waals surface area contributed by atoms with Crippen molar-refractivity contribution in [2.75, 3.05) is 6.61 Å². The Bertz CT molecular complexity index is 109. The van der Waals surface area contributed by atoms with Crippen molar-refractivity contribution in [3.05, 3.63) is 0 Å². The summed E-state index contributed by atoms with van der Waals surface area (Å²) in [5, 5.41) is 6.92. The van der Waals surface area contributed by atoms with Crippen LogP contribution < -0.4 is 0 Å². The van der Waals surface area contributed by atoms with Crippen molar-refractivity contribution >= 4 is 40.7 Å². The van der Waals surface area contributed by atoms with Gasteiger partial charge in [0.05, 0.1) is 6.61 Å². The molecule has 0 radical (unpaired) electrons. The molecule has 0 rings (SSSR count). The zero-order chi connectivity index (χ0) is 7.49. The van der Waals surface area contributed by atoms with Gasteiger partial charge in [-0.2, -0.15) is 0 Å². The Hall–Kier alpha value is 0.340. The van der Waals surface area contributed by atoms with E-state index in [0.29, 0.717) is 6.61 Å². The van der Waals surface area contributed by atoms with Crippen molar-refractivity contribution in [3.8, 4) is 0 Å². The molecule has 0 atom stereocenters. The Morgan fingerprint density at radius 1 is 1.56 bits per heavy atom. The van der Waals surface area contributed by atoms with Crippen LogP contribution in [0.2, 0.25) is 0 Å². The van der Waals surface area contributed by atoms with Gasteiger partial charge in [-0.05, 0) is 6.92 Å². The Labute approximate surface area is 68.5 Å². The second-order valence-corrected chi connectivity index (χ2v) is 3.54. The normalized spacial score (nSPS) is 11.1. The first-order valence-electron chi connectivity index (χ1n) is 2.27. The predicted octanol–water partition coefficient (Wildman–Crippen LogP) is 2.37. The molecule has 0 aromatic heterocycles. The van der Waals surface area contributed by atoms with E-state index in [9.17, 15) is 0 Å². The molecule has 0 aliphatic carbocycles. The first-order valence-corrected chi connectivity index (χ1v) is 3.40. The summed E-state index contributed by atoms with van der Waals surface area (Å²) in [5.74, 6) is -0.338. The minimum atomic E-state index is -1.71. The number of rotatable bonds is 1. The van der Waals surface area contributed by atoms with Crippen LogP contribution in [0.5, 0.6) is 0 Å². The maximum absolute atomic E-state index is 6.92. The van der Waals surface area contributed by atoms with Crippen LogP contribution in [0.1, 0.15) is 6.92 Å². The van der Waals surface area contributed by atoms with Crippen LogP contribution in [0.3, 0.4) is 0 Å². The SMILES string of the molecule is CCOC(=N)C(Cl)(Cl)Cl. The molecule has 0 saturated carbocycles. The molecule has 9 heavy (non-hydrogen) atoms. The summed E-state index contributed by atoms with van der Waals surface area (Å²) in [6.45, 7) is 2.05. The molecular formula is C4H6Cl3NO. The van der Waals surface area contributed by atoms with Crippen LogP contribution >= 0.6 is 34.8 Å². The van der Waals surface area contributed by atoms with Crippen molar-refractivity contribution in [2.45, 2.75) is 10.7 Å². The van der Waals surface area contributed by atoms with E-state index in [-0.39, 0.29) is 5.90 Å². The van der Waals surface area contributed by atoms with Gasteiger partial charge in [0, 0.05) is 0 Å². The Kier molecular flexibility index (Phi) is 3.63. The Morgan fingerprint density at radius 2 is 2.00 bits per heavy atom. The molecular weight excluding hydrogens is 184 g/mol. The largest absolute Gasteiger partial charge is 0.478 e. The summed E-state index contributed by atoms with van der Waals surface area (Å²) < 4.78 is 2.88. The van der Waals surface area contributed by atoms with E-state index in [0.717, 1.165) is 0 Å². The number of nitrogens with one attached hydrogen (secondary N) is 1. The molecule has 54 valence electrons. The molecule has 0 spiro atoms. The van der Waals surface area contributed by atoms with Crippen molar-refractivity contribution in [1.29, 1.82) is 5.41 Å². The molecule has 0 heterocycles. The molecule has 2 nitrogen and oxygen atoms in total. The van der Waals surface area contributed by atoms with Gasteiger partial charge in [-0.15, -0.1) is 0 Å². The highest BCUT2D eigenvalue weighted by Gasteiger charge is 2.27. The van der Waals surface area contributed by atoms with E-state index in [1.807, 2.05) is 0 Å². The van der Waals surface area contributed by atoms with Crippen LogP contribution in [0.25, 0.3) is 0 Å². The summed E-state index contributed by atoms with van der Waals surface area (Å²) in [6, 6.07) is 0. The number of ether oxygens (including phenoxy) is 1. The first kappa shape index (κ1) is 9.34. The highest BCUT2D eigenvalue weighted by molar-refractivity contribution is 6.75. The molecule has 0 unspecified atom stereocenters. The van der Waals surface area contributed by atoms with Crippen LogP contribution in [-0.4, -0.2) is 16.3 Å². The maximum atomic E-state index is 6.92. The number of hydrogen-bond donors (Lipinski definition) is 1. The van der Waals surface area contributed by atoms with Crippen LogP contribution in [-0.2, 0) is 4.74 Å². The highest BCUT2D eigenvalue weighted by atomic mass is 35.6. The maximum Gasteiger partial charge on any atom is 0.265 e. The van der Waals surface area contributed by atoms with Crippen LogP contribution in [0.15, 0.2) is 0 Å². The average molecular weight is 190 g/mol. The minimum absolute atomic E-state index is 0.338. The second-order valence-electron chi connectivity index (χ2n) is 1.26. The van der Waals surface area contributed by atoms with Gasteiger partial charge in [-0.25, -0.2) is 0 Å². The van der Waals surface area contributed by atoms with Crippen molar-refractivity contribution in [1.82, 2.24) is 0 Å². The minimum Gasteiger partial charge on any atom is -0.478 e. The summed E-state index contributed by atoms with van der Waals surface area (Å²) in [7, 11) is 0. The smallest absolute Gasteiger partial charge is 0.265 e. The molecule has 0 saturated heterocycles. The lowest BCUT2D eigenvalue weighted by Crippen LogP contribution is -2.20. The van der Waals surface area contributed by atoms with E-state index >= 15 is 0 Å². The summed E-state index contributed by atoms with van der Waals surface area (Å²) in [6.07, 6.45) is 0. The average Bonchev–Trinajstić information content (AvgIpc) is 1.64. The van der Waals surface area contributed by atoms with Gasteiger partial charge in [-0.1, -0.05) is 34.8 Å². The lowest BCUT2D eigenvalue weighted by atomic mass is 10.7. The molecule has 1 N–H and O–H groups in total. The van der Waals surface area contributed by atoms with E-state index < -0.39 is 3.79 Å². The standard InChI is InChI=1S/C4H6Cl3NO/c1-2-9-3(8)4(5,6)7/h8H,2H2,1H3. The number of hydrogen-bond acceptors (Lipinski definition) is 2. The van der Waals surface area contributed by atoms with Gasteiger partial charge in [0.25, 0.3) is 3.79 Å². The van der Waals surface area contributed by atoms with Crippen molar-refractivity contribution in [3.63, 3.8) is 0 Å². The monoisotopic (exact) mass is 189 g/mol. The fourth-order valence-electron chi connectivity index (χ4n) is 0.226. The first-order chi connectivity index (χ1) is 3.98. The molecule has 0 bridgehead atoms. The highest BCUT2D eigenvalue weighted by Crippen LogP contribution is 2.27. The molecule has 0 aliphatic rings. The molecule has 5 heteroatoms. The lowest BCUT2D eigenvalue weighted by Gasteiger charge is -2.11. The third-order valence-corrected chi connectivity index (χ3v) is 1.06. The topological polar surface area (TPSA) is 33.1 Å².